The molecule has 1 heterocycles. The van der Waals surface area contributed by atoms with Crippen LogP contribution >= 0.6 is 11.6 Å². The molecule has 2 amide bonds. The first-order chi connectivity index (χ1) is 29.1. The van der Waals surface area contributed by atoms with Crippen molar-refractivity contribution in [2.24, 2.45) is 17.3 Å². The number of halogens is 1. The molecule has 350 valence electrons. The number of hydrogen-bond acceptors (Lipinski definition) is 12. The van der Waals surface area contributed by atoms with Gasteiger partial charge < -0.3 is 43.8 Å². The van der Waals surface area contributed by atoms with Crippen molar-refractivity contribution < 1.29 is 57.1 Å². The number of esters is 3. The number of benzene rings is 2. The van der Waals surface area contributed by atoms with Gasteiger partial charge in [-0.05, 0) is 105 Å². The third-order valence-corrected chi connectivity index (χ3v) is 10.1. The van der Waals surface area contributed by atoms with E-state index in [4.69, 9.17) is 44.8 Å². The minimum Gasteiger partial charge on any atom is -0.495 e. The standard InChI is InChI=1S/C48H69ClN2O12/c1-29(2)25-37(59-43(55)47(10,11)28-50-41(53)34(51-44(56)63-46(7,8)9)27-31-23-24-36(57-14)33(49)26-31)42(54)58-35(21-18-22-38(52)60-45(4,5)6)30(3)39-40(62-48(12,13)61-39)32-19-16-15-17-20-32/h15-20,22-24,26,29-30,34-35,37,39-40H,21,25,27-28H2,1-14H3,(H,50,53)(H,51,56)/b22-18+/t30-,34-,35-,37-,39+,40+/m0/s1. The SMILES string of the molecule is COc1ccc(C[C@H](NC(=O)OC(C)(C)C)C(=O)NCC(C)(C)C(=O)O[C@@H](CC(C)C)C(=O)O[C@@H](C/C=C/C(=O)OC(C)(C)C)[C@H](C)[C@H]2OC(C)(C)O[C@@H]2c2ccccc2)cc1Cl. The van der Waals surface area contributed by atoms with Gasteiger partial charge in [0.05, 0.1) is 23.7 Å². The number of methoxy groups -OCH3 is 1. The number of amides is 2. The first kappa shape index (κ1) is 52.7. The number of ether oxygens (including phenoxy) is 7. The summed E-state index contributed by atoms with van der Waals surface area (Å²) in [5.41, 5.74) is -1.38. The molecule has 2 aromatic rings. The Balaban J connectivity index is 1.84. The molecule has 14 nitrogen and oxygen atoms in total. The Labute approximate surface area is 378 Å². The molecular formula is C48H69ClN2O12. The molecule has 0 spiro atoms. The zero-order valence-electron chi connectivity index (χ0n) is 39.4. The average Bonchev–Trinajstić information content (AvgIpc) is 3.49. The van der Waals surface area contributed by atoms with Crippen LogP contribution < -0.4 is 15.4 Å². The highest BCUT2D eigenvalue weighted by Gasteiger charge is 2.47. The van der Waals surface area contributed by atoms with Gasteiger partial charge in [0.1, 0.15) is 35.2 Å². The summed E-state index contributed by atoms with van der Waals surface area (Å²) in [7, 11) is 1.48. The van der Waals surface area contributed by atoms with Crippen molar-refractivity contribution >= 4 is 41.5 Å². The zero-order valence-corrected chi connectivity index (χ0v) is 40.2. The summed E-state index contributed by atoms with van der Waals surface area (Å²) in [5.74, 6) is -3.79. The lowest BCUT2D eigenvalue weighted by molar-refractivity contribution is -0.182. The maximum Gasteiger partial charge on any atom is 0.408 e. The van der Waals surface area contributed by atoms with Crippen LogP contribution in [-0.2, 0) is 54.0 Å². The van der Waals surface area contributed by atoms with Crippen LogP contribution in [0.15, 0.2) is 60.7 Å². The van der Waals surface area contributed by atoms with Crippen LogP contribution in [0.4, 0.5) is 4.79 Å². The van der Waals surface area contributed by atoms with Crippen LogP contribution in [0, 0.1) is 17.3 Å². The molecule has 0 aromatic heterocycles. The third-order valence-electron chi connectivity index (χ3n) is 9.78. The summed E-state index contributed by atoms with van der Waals surface area (Å²) in [6, 6.07) is 13.5. The fourth-order valence-corrected chi connectivity index (χ4v) is 6.94. The molecule has 1 saturated heterocycles. The van der Waals surface area contributed by atoms with E-state index in [1.165, 1.54) is 13.2 Å². The largest absolute Gasteiger partial charge is 0.495 e. The second-order valence-corrected chi connectivity index (χ2v) is 19.8. The number of hydrogen-bond donors (Lipinski definition) is 2. The molecule has 1 fully saturated rings. The van der Waals surface area contributed by atoms with E-state index in [0.29, 0.717) is 16.3 Å². The Hall–Kier alpha value is -4.66. The summed E-state index contributed by atoms with van der Waals surface area (Å²) >= 11 is 6.35. The highest BCUT2D eigenvalue weighted by Crippen LogP contribution is 2.43. The van der Waals surface area contributed by atoms with Crippen molar-refractivity contribution in [2.45, 2.75) is 157 Å². The molecule has 63 heavy (non-hydrogen) atoms. The van der Waals surface area contributed by atoms with E-state index in [1.807, 2.05) is 65.0 Å². The number of rotatable bonds is 19. The van der Waals surface area contributed by atoms with E-state index in [9.17, 15) is 24.0 Å². The molecule has 15 heteroatoms. The minimum atomic E-state index is -1.35. The topological polar surface area (TPSA) is 174 Å². The highest BCUT2D eigenvalue weighted by molar-refractivity contribution is 6.32. The molecule has 6 atom stereocenters. The van der Waals surface area contributed by atoms with Gasteiger partial charge >= 0.3 is 24.0 Å². The van der Waals surface area contributed by atoms with Gasteiger partial charge in [0.2, 0.25) is 5.91 Å². The molecular weight excluding hydrogens is 832 g/mol. The molecule has 1 aliphatic rings. The van der Waals surface area contributed by atoms with E-state index in [0.717, 1.165) is 5.56 Å². The zero-order chi connectivity index (χ0) is 47.5. The maximum atomic E-state index is 14.2. The Bertz CT molecular complexity index is 1900. The van der Waals surface area contributed by atoms with E-state index < -0.39 is 88.7 Å². The first-order valence-corrected chi connectivity index (χ1v) is 21.8. The summed E-state index contributed by atoms with van der Waals surface area (Å²) in [4.78, 5) is 67.3. The summed E-state index contributed by atoms with van der Waals surface area (Å²) in [6.45, 7) is 22.6. The molecule has 0 bridgehead atoms. The molecule has 0 saturated carbocycles. The number of alkyl carbamates (subject to hydrolysis) is 1. The predicted octanol–water partition coefficient (Wildman–Crippen LogP) is 8.61. The second-order valence-electron chi connectivity index (χ2n) is 19.4. The Morgan fingerprint density at radius 1 is 0.873 bits per heavy atom. The van der Waals surface area contributed by atoms with Crippen molar-refractivity contribution in [2.75, 3.05) is 13.7 Å². The Morgan fingerprint density at radius 3 is 2.08 bits per heavy atom. The van der Waals surface area contributed by atoms with Gasteiger partial charge in [-0.15, -0.1) is 0 Å². The van der Waals surface area contributed by atoms with Crippen molar-refractivity contribution in [3.05, 3.63) is 76.8 Å². The van der Waals surface area contributed by atoms with Gasteiger partial charge in [0.25, 0.3) is 0 Å². The minimum absolute atomic E-state index is 0.0378. The van der Waals surface area contributed by atoms with Gasteiger partial charge in [-0.1, -0.05) is 74.8 Å². The number of nitrogens with one attached hydrogen (secondary N) is 2. The van der Waals surface area contributed by atoms with E-state index in [1.54, 1.807) is 79.7 Å². The lowest BCUT2D eigenvalue weighted by Crippen LogP contribution is -2.52. The lowest BCUT2D eigenvalue weighted by Gasteiger charge is -2.32. The van der Waals surface area contributed by atoms with Crippen molar-refractivity contribution in [1.29, 1.82) is 0 Å². The van der Waals surface area contributed by atoms with Crippen LogP contribution in [-0.4, -0.2) is 84.9 Å². The molecule has 0 radical (unpaired) electrons. The number of carbonyl (C=O) groups is 5. The van der Waals surface area contributed by atoms with Gasteiger partial charge in [-0.2, -0.15) is 0 Å². The summed E-state index contributed by atoms with van der Waals surface area (Å²) in [6.07, 6.45) is -0.895. The quantitative estimate of drug-likeness (QED) is 0.0782. The normalized spacial score (nSPS) is 18.5. The van der Waals surface area contributed by atoms with E-state index in [-0.39, 0.29) is 31.7 Å². The summed E-state index contributed by atoms with van der Waals surface area (Å²) in [5, 5.41) is 5.72. The van der Waals surface area contributed by atoms with Crippen molar-refractivity contribution in [3.8, 4) is 5.75 Å². The lowest BCUT2D eigenvalue weighted by atomic mass is 9.89. The molecule has 2 N–H and O–H groups in total. The predicted molar refractivity (Wildman–Crippen MR) is 239 cm³/mol. The van der Waals surface area contributed by atoms with Crippen LogP contribution in [0.1, 0.15) is 120 Å². The van der Waals surface area contributed by atoms with Gasteiger partial charge in [-0.3, -0.25) is 9.59 Å². The van der Waals surface area contributed by atoms with Gasteiger partial charge in [-0.25, -0.2) is 14.4 Å². The van der Waals surface area contributed by atoms with Crippen LogP contribution in [0.5, 0.6) is 5.75 Å². The molecule has 2 aromatic carbocycles. The van der Waals surface area contributed by atoms with Crippen LogP contribution in [0.25, 0.3) is 0 Å². The van der Waals surface area contributed by atoms with Crippen molar-refractivity contribution in [1.82, 2.24) is 10.6 Å². The Kier molecular flexibility index (Phi) is 18.6. The number of carbonyl (C=O) groups excluding carboxylic acids is 5. The monoisotopic (exact) mass is 900 g/mol. The third kappa shape index (κ3) is 17.4. The molecule has 3 rings (SSSR count). The van der Waals surface area contributed by atoms with E-state index >= 15 is 0 Å². The molecule has 0 aliphatic carbocycles. The first-order valence-electron chi connectivity index (χ1n) is 21.4. The maximum absolute atomic E-state index is 14.2. The average molecular weight is 902 g/mol. The summed E-state index contributed by atoms with van der Waals surface area (Å²) < 4.78 is 41.0. The van der Waals surface area contributed by atoms with Crippen LogP contribution in [0.2, 0.25) is 5.02 Å². The van der Waals surface area contributed by atoms with Gasteiger partial charge in [0.15, 0.2) is 11.9 Å². The van der Waals surface area contributed by atoms with E-state index in [2.05, 4.69) is 10.6 Å². The molecule has 0 unspecified atom stereocenters. The molecule has 1 aliphatic heterocycles. The smallest absolute Gasteiger partial charge is 0.408 e. The second kappa shape index (κ2) is 22.3. The fourth-order valence-electron chi connectivity index (χ4n) is 6.66. The Morgan fingerprint density at radius 2 is 1.51 bits per heavy atom. The van der Waals surface area contributed by atoms with Gasteiger partial charge in [0, 0.05) is 31.4 Å². The van der Waals surface area contributed by atoms with Crippen molar-refractivity contribution in [3.63, 3.8) is 0 Å². The highest BCUT2D eigenvalue weighted by atomic mass is 35.5. The fraction of sp³-hybridized carbons (Fsp3) is 0.604. The van der Waals surface area contributed by atoms with Crippen LogP contribution in [0.3, 0.4) is 0 Å².